The predicted molar refractivity (Wildman–Crippen MR) is 52.9 cm³/mol. The third-order valence-corrected chi connectivity index (χ3v) is 2.17. The van der Waals surface area contributed by atoms with Crippen LogP contribution >= 0.6 is 0 Å². The van der Waals surface area contributed by atoms with Crippen LogP contribution in [0.2, 0.25) is 0 Å². The second-order valence-corrected chi connectivity index (χ2v) is 3.47. The minimum Gasteiger partial charge on any atom is -0.327 e. The minimum absolute atomic E-state index is 0.0868. The summed E-state index contributed by atoms with van der Waals surface area (Å²) in [5, 5.41) is 0. The van der Waals surface area contributed by atoms with Crippen LogP contribution in [0.25, 0.3) is 0 Å². The zero-order valence-electron chi connectivity index (χ0n) is 8.26. The Kier molecular flexibility index (Phi) is 4.01. The van der Waals surface area contributed by atoms with Gasteiger partial charge >= 0.3 is 0 Å². The van der Waals surface area contributed by atoms with Crippen LogP contribution < -0.4 is 5.73 Å². The van der Waals surface area contributed by atoms with Gasteiger partial charge in [0.15, 0.2) is 11.6 Å². The summed E-state index contributed by atoms with van der Waals surface area (Å²) in [7, 11) is 0. The van der Waals surface area contributed by atoms with Gasteiger partial charge < -0.3 is 5.73 Å². The molecule has 1 aromatic rings. The van der Waals surface area contributed by atoms with Crippen molar-refractivity contribution in [3.63, 3.8) is 0 Å². The van der Waals surface area contributed by atoms with Crippen molar-refractivity contribution in [2.45, 2.75) is 32.2 Å². The Morgan fingerprint density at radius 3 is 2.71 bits per heavy atom. The monoisotopic (exact) mass is 199 g/mol. The van der Waals surface area contributed by atoms with Crippen LogP contribution in [0.3, 0.4) is 0 Å². The molecule has 0 heterocycles. The molecule has 0 aromatic heterocycles. The highest BCUT2D eigenvalue weighted by Gasteiger charge is 2.10. The molecule has 0 aliphatic carbocycles. The van der Waals surface area contributed by atoms with E-state index in [-0.39, 0.29) is 6.04 Å². The van der Waals surface area contributed by atoms with E-state index >= 15 is 0 Å². The summed E-state index contributed by atoms with van der Waals surface area (Å²) in [4.78, 5) is 0. The predicted octanol–water partition coefficient (Wildman–Crippen LogP) is 2.63. The molecule has 0 amide bonds. The molecule has 0 saturated carbocycles. The van der Waals surface area contributed by atoms with Crippen LogP contribution in [0.15, 0.2) is 18.2 Å². The van der Waals surface area contributed by atoms with Gasteiger partial charge in [0.2, 0.25) is 0 Å². The molecule has 1 aromatic carbocycles. The van der Waals surface area contributed by atoms with Crippen LogP contribution in [0.4, 0.5) is 8.78 Å². The second kappa shape index (κ2) is 5.05. The summed E-state index contributed by atoms with van der Waals surface area (Å²) in [5.74, 6) is -1.56. The summed E-state index contributed by atoms with van der Waals surface area (Å²) < 4.78 is 26.0. The Morgan fingerprint density at radius 1 is 1.36 bits per heavy atom. The minimum atomic E-state index is -0.800. The number of hydrogen-bond acceptors (Lipinski definition) is 1. The second-order valence-electron chi connectivity index (χ2n) is 3.47. The van der Waals surface area contributed by atoms with E-state index in [0.717, 1.165) is 18.9 Å². The first-order valence-electron chi connectivity index (χ1n) is 4.83. The molecular formula is C11H15F2N. The molecule has 0 aliphatic rings. The molecule has 1 rings (SSSR count). The number of benzene rings is 1. The molecule has 0 saturated heterocycles. The Morgan fingerprint density at radius 2 is 2.07 bits per heavy atom. The average Bonchev–Trinajstić information content (AvgIpc) is 2.13. The van der Waals surface area contributed by atoms with E-state index in [1.165, 1.54) is 6.07 Å². The summed E-state index contributed by atoms with van der Waals surface area (Å²) in [5.41, 5.74) is 6.11. The van der Waals surface area contributed by atoms with E-state index < -0.39 is 11.6 Å². The lowest BCUT2D eigenvalue weighted by Crippen LogP contribution is -2.23. The van der Waals surface area contributed by atoms with E-state index in [1.54, 1.807) is 6.07 Å². The van der Waals surface area contributed by atoms with Gasteiger partial charge in [0.05, 0.1) is 0 Å². The molecule has 3 heteroatoms. The topological polar surface area (TPSA) is 26.0 Å². The molecule has 0 fully saturated rings. The fourth-order valence-corrected chi connectivity index (χ4v) is 1.46. The first-order valence-corrected chi connectivity index (χ1v) is 4.83. The summed E-state index contributed by atoms with van der Waals surface area (Å²) in [6.07, 6.45) is 2.19. The van der Waals surface area contributed by atoms with Crippen molar-refractivity contribution >= 4 is 0 Å². The molecule has 2 N–H and O–H groups in total. The smallest absolute Gasteiger partial charge is 0.162 e. The summed E-state index contributed by atoms with van der Waals surface area (Å²) in [6.45, 7) is 2.02. The molecule has 0 bridgehead atoms. The Labute approximate surface area is 82.9 Å². The fraction of sp³-hybridized carbons (Fsp3) is 0.455. The van der Waals surface area contributed by atoms with Crippen molar-refractivity contribution in [3.05, 3.63) is 35.4 Å². The van der Waals surface area contributed by atoms with Crippen LogP contribution in [0.5, 0.6) is 0 Å². The Bertz CT molecular complexity index is 299. The molecule has 1 unspecified atom stereocenters. The maximum absolute atomic E-state index is 13.2. The first-order chi connectivity index (χ1) is 6.65. The van der Waals surface area contributed by atoms with Crippen molar-refractivity contribution in [1.29, 1.82) is 0 Å². The van der Waals surface area contributed by atoms with E-state index in [9.17, 15) is 8.78 Å². The normalized spacial score (nSPS) is 12.9. The summed E-state index contributed by atoms with van der Waals surface area (Å²) in [6, 6.07) is 4.11. The quantitative estimate of drug-likeness (QED) is 0.792. The van der Waals surface area contributed by atoms with Gasteiger partial charge in [-0.1, -0.05) is 25.5 Å². The molecule has 1 nitrogen and oxygen atoms in total. The van der Waals surface area contributed by atoms with Gasteiger partial charge in [-0.2, -0.15) is 0 Å². The van der Waals surface area contributed by atoms with Crippen LogP contribution in [0.1, 0.15) is 25.3 Å². The number of rotatable bonds is 4. The molecule has 0 aliphatic heterocycles. The van der Waals surface area contributed by atoms with Crippen LogP contribution in [-0.2, 0) is 6.42 Å². The van der Waals surface area contributed by atoms with Gasteiger partial charge in [0, 0.05) is 6.04 Å². The van der Waals surface area contributed by atoms with Gasteiger partial charge in [-0.3, -0.25) is 0 Å². The van der Waals surface area contributed by atoms with Crippen LogP contribution in [-0.4, -0.2) is 6.04 Å². The molecule has 0 radical (unpaired) electrons. The lowest BCUT2D eigenvalue weighted by molar-refractivity contribution is 0.489. The van der Waals surface area contributed by atoms with Crippen molar-refractivity contribution in [2.24, 2.45) is 5.73 Å². The van der Waals surface area contributed by atoms with Gasteiger partial charge in [0.25, 0.3) is 0 Å². The highest BCUT2D eigenvalue weighted by atomic mass is 19.2. The van der Waals surface area contributed by atoms with E-state index in [1.807, 2.05) is 6.92 Å². The third-order valence-electron chi connectivity index (χ3n) is 2.17. The standard InChI is InChI=1S/C11H15F2N/c1-2-4-9(14)7-8-5-3-6-10(12)11(8)13/h3,5-6,9H,2,4,7,14H2,1H3. The zero-order chi connectivity index (χ0) is 10.6. The van der Waals surface area contributed by atoms with Crippen molar-refractivity contribution < 1.29 is 8.78 Å². The number of halogens is 2. The largest absolute Gasteiger partial charge is 0.327 e. The average molecular weight is 199 g/mol. The number of hydrogen-bond donors (Lipinski definition) is 1. The van der Waals surface area contributed by atoms with Crippen LogP contribution in [0, 0.1) is 11.6 Å². The van der Waals surface area contributed by atoms with E-state index in [2.05, 4.69) is 0 Å². The number of nitrogens with two attached hydrogens (primary N) is 1. The molecule has 78 valence electrons. The first kappa shape index (κ1) is 11.1. The van der Waals surface area contributed by atoms with Crippen molar-refractivity contribution in [2.75, 3.05) is 0 Å². The maximum Gasteiger partial charge on any atom is 0.162 e. The van der Waals surface area contributed by atoms with Gasteiger partial charge in [0.1, 0.15) is 0 Å². The van der Waals surface area contributed by atoms with Crippen molar-refractivity contribution in [3.8, 4) is 0 Å². The zero-order valence-corrected chi connectivity index (χ0v) is 8.26. The third kappa shape index (κ3) is 2.77. The molecule has 1 atom stereocenters. The van der Waals surface area contributed by atoms with Gasteiger partial charge in [-0.05, 0) is 24.5 Å². The molecular weight excluding hydrogens is 184 g/mol. The van der Waals surface area contributed by atoms with Gasteiger partial charge in [-0.25, -0.2) is 8.78 Å². The van der Waals surface area contributed by atoms with E-state index in [4.69, 9.17) is 5.73 Å². The van der Waals surface area contributed by atoms with Gasteiger partial charge in [-0.15, -0.1) is 0 Å². The lowest BCUT2D eigenvalue weighted by atomic mass is 10.0. The lowest BCUT2D eigenvalue weighted by Gasteiger charge is -2.10. The van der Waals surface area contributed by atoms with Crippen molar-refractivity contribution in [1.82, 2.24) is 0 Å². The van der Waals surface area contributed by atoms with E-state index in [0.29, 0.717) is 12.0 Å². The SMILES string of the molecule is CCCC(N)Cc1cccc(F)c1F. The highest BCUT2D eigenvalue weighted by Crippen LogP contribution is 2.13. The highest BCUT2D eigenvalue weighted by molar-refractivity contribution is 5.19. The molecule has 14 heavy (non-hydrogen) atoms. The molecule has 0 spiro atoms. The fourth-order valence-electron chi connectivity index (χ4n) is 1.46. The summed E-state index contributed by atoms with van der Waals surface area (Å²) >= 11 is 0. The maximum atomic E-state index is 13.2. The Hall–Kier alpha value is -0.960. The Balaban J connectivity index is 2.71.